The number of carbonyl (C=O) groups excluding carboxylic acids is 2. The van der Waals surface area contributed by atoms with Crippen LogP contribution >= 0.6 is 0 Å². The van der Waals surface area contributed by atoms with E-state index in [-0.39, 0.29) is 11.3 Å². The monoisotopic (exact) mass is 548 g/mol. The van der Waals surface area contributed by atoms with Gasteiger partial charge in [-0.3, -0.25) is 9.59 Å². The van der Waals surface area contributed by atoms with Gasteiger partial charge < -0.3 is 19.9 Å². The zero-order chi connectivity index (χ0) is 28.1. The van der Waals surface area contributed by atoms with Crippen molar-refractivity contribution in [1.82, 2.24) is 19.7 Å². The average Bonchev–Trinajstić information content (AvgIpc) is 3.53. The molecule has 2 N–H and O–H groups in total. The van der Waals surface area contributed by atoms with E-state index in [1.165, 1.54) is 6.07 Å². The highest BCUT2D eigenvalue weighted by Crippen LogP contribution is 2.37. The molecule has 0 bridgehead atoms. The van der Waals surface area contributed by atoms with E-state index in [4.69, 9.17) is 9.84 Å². The number of amides is 2. The minimum Gasteiger partial charge on any atom is -0.477 e. The molecule has 1 atom stereocenters. The molecule has 0 radical (unpaired) electrons. The predicted octanol–water partition coefficient (Wildman–Crippen LogP) is 4.51. The molecule has 5 aromatic rings. The predicted molar refractivity (Wildman–Crippen MR) is 153 cm³/mol. The number of rotatable bonds is 4. The zero-order valence-electron chi connectivity index (χ0n) is 22.1. The number of halogens is 1. The summed E-state index contributed by atoms with van der Waals surface area (Å²) in [4.78, 5) is 32.1. The van der Waals surface area contributed by atoms with Crippen LogP contribution in [0.2, 0.25) is 0 Å². The first-order valence-corrected chi connectivity index (χ1v) is 13.3. The number of aromatic nitrogens is 3. The molecular weight excluding hydrogens is 523 g/mol. The van der Waals surface area contributed by atoms with Crippen LogP contribution in [-0.2, 0) is 18.4 Å². The number of para-hydroxylation sites is 1. The molecule has 2 aliphatic rings. The number of benzodiazepines with no additional fused rings is 1. The molecule has 2 aliphatic heterocycles. The number of ether oxygens (including phenoxy) is 1. The Bertz CT molecular complexity index is 1870. The maximum absolute atomic E-state index is 14.9. The number of aliphatic imine (C=N–C) groups is 1. The van der Waals surface area contributed by atoms with Gasteiger partial charge in [-0.25, -0.2) is 14.1 Å². The fourth-order valence-electron chi connectivity index (χ4n) is 5.45. The van der Waals surface area contributed by atoms with Gasteiger partial charge in [-0.05, 0) is 18.2 Å². The number of nitrogens with one attached hydrogen (secondary N) is 2. The molecule has 204 valence electrons. The Balaban J connectivity index is 1.33. The lowest BCUT2D eigenvalue weighted by atomic mass is 10.0. The Hall–Kier alpha value is -5.25. The summed E-state index contributed by atoms with van der Waals surface area (Å²) in [5.41, 5.74) is 3.92. The molecule has 0 saturated carbocycles. The van der Waals surface area contributed by atoms with Crippen LogP contribution in [0, 0.1) is 5.82 Å². The number of aryl methyl sites for hydroxylation is 2. The summed E-state index contributed by atoms with van der Waals surface area (Å²) in [7, 11) is 1.95. The molecule has 0 fully saturated rings. The Morgan fingerprint density at radius 1 is 1.05 bits per heavy atom. The van der Waals surface area contributed by atoms with E-state index in [0.717, 1.165) is 22.9 Å². The van der Waals surface area contributed by atoms with Crippen molar-refractivity contribution in [2.75, 3.05) is 11.9 Å². The normalized spacial score (nSPS) is 16.2. The second-order valence-electron chi connectivity index (χ2n) is 9.99. The number of nitrogens with zero attached hydrogens (tertiary/aromatic N) is 4. The quantitative estimate of drug-likeness (QED) is 0.345. The highest BCUT2D eigenvalue weighted by Gasteiger charge is 2.33. The maximum atomic E-state index is 14.9. The number of hydrogen-bond acceptors (Lipinski definition) is 5. The van der Waals surface area contributed by atoms with Crippen LogP contribution in [0.5, 0.6) is 5.88 Å². The molecule has 0 spiro atoms. The molecule has 41 heavy (non-hydrogen) atoms. The van der Waals surface area contributed by atoms with Crippen molar-refractivity contribution in [1.29, 1.82) is 0 Å². The first kappa shape index (κ1) is 24.8. The van der Waals surface area contributed by atoms with Gasteiger partial charge in [0.05, 0.1) is 18.0 Å². The second-order valence-corrected chi connectivity index (χ2v) is 9.99. The lowest BCUT2D eigenvalue weighted by molar-refractivity contribution is -0.117. The number of benzene rings is 3. The summed E-state index contributed by atoms with van der Waals surface area (Å²) in [5.74, 6) is -1.49. The van der Waals surface area contributed by atoms with Crippen molar-refractivity contribution in [3.8, 4) is 17.1 Å². The summed E-state index contributed by atoms with van der Waals surface area (Å²) in [6.45, 7) is 1.03. The fraction of sp³-hybridized carbons (Fsp3) is 0.161. The van der Waals surface area contributed by atoms with E-state index in [1.54, 1.807) is 16.8 Å². The summed E-state index contributed by atoms with van der Waals surface area (Å²) in [6, 6.07) is 21.5. The smallest absolute Gasteiger partial charge is 0.269 e. The van der Waals surface area contributed by atoms with Crippen molar-refractivity contribution in [2.45, 2.75) is 19.1 Å². The van der Waals surface area contributed by atoms with E-state index >= 15 is 0 Å². The van der Waals surface area contributed by atoms with E-state index in [1.807, 2.05) is 72.4 Å². The number of fused-ring (bicyclic) bond motifs is 3. The third-order valence-corrected chi connectivity index (χ3v) is 7.41. The van der Waals surface area contributed by atoms with Crippen LogP contribution in [0.3, 0.4) is 0 Å². The lowest BCUT2D eigenvalue weighted by Gasteiger charge is -2.17. The second kappa shape index (κ2) is 9.74. The average molecular weight is 549 g/mol. The third kappa shape index (κ3) is 4.15. The molecule has 0 aliphatic carbocycles. The van der Waals surface area contributed by atoms with Crippen molar-refractivity contribution >= 4 is 34.1 Å². The van der Waals surface area contributed by atoms with Gasteiger partial charge in [-0.15, -0.1) is 0 Å². The topological polar surface area (TPSA) is 103 Å². The van der Waals surface area contributed by atoms with Crippen LogP contribution in [0.25, 0.3) is 22.2 Å². The van der Waals surface area contributed by atoms with Crippen LogP contribution < -0.4 is 15.4 Å². The Morgan fingerprint density at radius 2 is 1.85 bits per heavy atom. The van der Waals surface area contributed by atoms with Gasteiger partial charge in [-0.1, -0.05) is 54.6 Å². The van der Waals surface area contributed by atoms with Crippen molar-refractivity contribution in [2.24, 2.45) is 12.0 Å². The lowest BCUT2D eigenvalue weighted by Crippen LogP contribution is -2.42. The highest BCUT2D eigenvalue weighted by molar-refractivity contribution is 6.20. The molecule has 7 rings (SSSR count). The number of anilines is 1. The minimum atomic E-state index is -1.34. The number of carbonyl (C=O) groups is 2. The molecule has 0 saturated heterocycles. The van der Waals surface area contributed by atoms with Gasteiger partial charge >= 0.3 is 0 Å². The number of hydrogen-bond donors (Lipinski definition) is 2. The Kier molecular flexibility index (Phi) is 5.88. The van der Waals surface area contributed by atoms with Crippen molar-refractivity contribution < 1.29 is 18.7 Å². The van der Waals surface area contributed by atoms with Gasteiger partial charge in [0.1, 0.15) is 17.1 Å². The van der Waals surface area contributed by atoms with Crippen molar-refractivity contribution in [3.63, 3.8) is 0 Å². The Labute approximate surface area is 234 Å². The molecule has 10 heteroatoms. The van der Waals surface area contributed by atoms with Gasteiger partial charge in [-0.2, -0.15) is 5.10 Å². The first-order chi connectivity index (χ1) is 20.0. The highest BCUT2D eigenvalue weighted by atomic mass is 19.1. The minimum absolute atomic E-state index is 0.0135. The standard InChI is InChI=1S/C31H25FN6O3/c1-37-16-14-19-20(10-6-13-23(19)37)27-24(31-38(36-27)15-7-17-41-31)29(39)35-28-30(40)34-26-21(11-5-12-22(26)32)25(33-28)18-8-3-2-4-9-18/h2-6,8-14,16,28H,7,15,17H2,1H3,(H,34,40)(H,35,39)/t28-/m1/s1. The summed E-state index contributed by atoms with van der Waals surface area (Å²) < 4.78 is 24.5. The SMILES string of the molecule is Cn1ccc2c(-c3nn4c(c3C(=O)N[C@H]3N=C(c5ccccc5)c5cccc(F)c5NC3=O)OCCC4)cccc21. The molecular formula is C31H25FN6O3. The summed E-state index contributed by atoms with van der Waals surface area (Å²) in [5, 5.41) is 11.1. The molecule has 9 nitrogen and oxygen atoms in total. The molecule has 2 amide bonds. The van der Waals surface area contributed by atoms with E-state index in [2.05, 4.69) is 15.6 Å². The van der Waals surface area contributed by atoms with Gasteiger partial charge in [0.2, 0.25) is 12.0 Å². The van der Waals surface area contributed by atoms with Crippen molar-refractivity contribution in [3.05, 3.63) is 102 Å². The fourth-order valence-corrected chi connectivity index (χ4v) is 5.45. The van der Waals surface area contributed by atoms with E-state index < -0.39 is 23.8 Å². The van der Waals surface area contributed by atoms with Gasteiger partial charge in [0.25, 0.3) is 11.8 Å². The van der Waals surface area contributed by atoms with Crippen LogP contribution in [0.15, 0.2) is 84.0 Å². The summed E-state index contributed by atoms with van der Waals surface area (Å²) >= 11 is 0. The molecule has 4 heterocycles. The first-order valence-electron chi connectivity index (χ1n) is 13.3. The van der Waals surface area contributed by atoms with E-state index in [0.29, 0.717) is 41.6 Å². The largest absolute Gasteiger partial charge is 0.477 e. The van der Waals surface area contributed by atoms with Gasteiger partial charge in [0, 0.05) is 53.8 Å². The third-order valence-electron chi connectivity index (χ3n) is 7.41. The summed E-state index contributed by atoms with van der Waals surface area (Å²) in [6.07, 6.45) is 1.36. The van der Waals surface area contributed by atoms with Gasteiger partial charge in [0.15, 0.2) is 0 Å². The van der Waals surface area contributed by atoms with Crippen LogP contribution in [0.1, 0.15) is 27.9 Å². The molecule has 2 aromatic heterocycles. The van der Waals surface area contributed by atoms with Crippen LogP contribution in [-0.4, -0.2) is 44.6 Å². The van der Waals surface area contributed by atoms with Crippen LogP contribution in [0.4, 0.5) is 10.1 Å². The molecule has 3 aromatic carbocycles. The zero-order valence-corrected chi connectivity index (χ0v) is 22.1. The molecule has 0 unspecified atom stereocenters. The Morgan fingerprint density at radius 3 is 2.71 bits per heavy atom. The van der Waals surface area contributed by atoms with E-state index in [9.17, 15) is 14.0 Å². The maximum Gasteiger partial charge on any atom is 0.269 e.